The summed E-state index contributed by atoms with van der Waals surface area (Å²) in [6, 6.07) is 7.94. The molecule has 2 heterocycles. The number of methoxy groups -OCH3 is 1. The van der Waals surface area contributed by atoms with Gasteiger partial charge >= 0.3 is 0 Å². The van der Waals surface area contributed by atoms with Crippen LogP contribution in [0.25, 0.3) is 0 Å². The van der Waals surface area contributed by atoms with Crippen LogP contribution < -0.4 is 15.4 Å². The van der Waals surface area contributed by atoms with Crippen molar-refractivity contribution in [3.8, 4) is 5.75 Å². The molecule has 2 aromatic rings. The van der Waals surface area contributed by atoms with Crippen LogP contribution in [0.2, 0.25) is 0 Å². The maximum absolute atomic E-state index is 12.5. The van der Waals surface area contributed by atoms with Crippen molar-refractivity contribution in [2.45, 2.75) is 32.4 Å². The van der Waals surface area contributed by atoms with Crippen molar-refractivity contribution < 1.29 is 9.53 Å². The molecule has 0 aliphatic carbocycles. The average Bonchev–Trinajstić information content (AvgIpc) is 3.02. The van der Waals surface area contributed by atoms with Crippen LogP contribution in [0.1, 0.15) is 40.6 Å². The number of carbonyl (C=O) groups is 1. The van der Waals surface area contributed by atoms with E-state index in [1.807, 2.05) is 35.9 Å². The van der Waals surface area contributed by atoms with E-state index in [0.29, 0.717) is 18.3 Å². The molecule has 0 unspecified atom stereocenters. The Kier molecular flexibility index (Phi) is 6.78. The van der Waals surface area contributed by atoms with E-state index in [1.54, 1.807) is 7.11 Å². The first-order valence-electron chi connectivity index (χ1n) is 8.23. The second kappa shape index (κ2) is 8.82. The molecule has 25 heavy (non-hydrogen) atoms. The van der Waals surface area contributed by atoms with Crippen LogP contribution >= 0.6 is 12.4 Å². The van der Waals surface area contributed by atoms with Gasteiger partial charge in [0, 0.05) is 12.1 Å². The maximum atomic E-state index is 12.5. The molecule has 136 valence electrons. The van der Waals surface area contributed by atoms with E-state index in [9.17, 15) is 4.79 Å². The van der Waals surface area contributed by atoms with Crippen molar-refractivity contribution in [3.05, 3.63) is 41.2 Å². The Morgan fingerprint density at radius 3 is 2.80 bits per heavy atom. The number of hydrogen-bond acceptors (Lipinski definition) is 5. The Labute approximate surface area is 153 Å². The van der Waals surface area contributed by atoms with Crippen molar-refractivity contribution in [2.24, 2.45) is 0 Å². The Morgan fingerprint density at radius 1 is 1.36 bits per heavy atom. The quantitative estimate of drug-likeness (QED) is 0.845. The molecule has 0 spiro atoms. The fourth-order valence-corrected chi connectivity index (χ4v) is 3.06. The summed E-state index contributed by atoms with van der Waals surface area (Å²) in [5, 5.41) is 14.5. The number of para-hydroxylation sites is 1. The molecular formula is C17H24ClN5O2. The molecule has 1 aromatic heterocycles. The fraction of sp³-hybridized carbons (Fsp3) is 0.471. The standard InChI is InChI=1S/C17H23N5O2.ClH/c1-12-16(20-21-22(12)14-7-9-18-10-8-14)17(23)19-11-13-5-3-4-6-15(13)24-2;/h3-6,14,18H,7-11H2,1-2H3,(H,19,23);1H. The number of benzene rings is 1. The normalized spacial score (nSPS) is 14.6. The summed E-state index contributed by atoms with van der Waals surface area (Å²) >= 11 is 0. The summed E-state index contributed by atoms with van der Waals surface area (Å²) in [5.74, 6) is 0.548. The molecule has 1 aliphatic heterocycles. The molecule has 0 atom stereocenters. The lowest BCUT2D eigenvalue weighted by molar-refractivity contribution is 0.0945. The SMILES string of the molecule is COc1ccccc1CNC(=O)c1nnn(C2CCNCC2)c1C.Cl. The predicted molar refractivity (Wildman–Crippen MR) is 97.3 cm³/mol. The Morgan fingerprint density at radius 2 is 2.08 bits per heavy atom. The van der Waals surface area contributed by atoms with Crippen LogP contribution in [0.3, 0.4) is 0 Å². The molecule has 1 aliphatic rings. The molecule has 8 heteroatoms. The van der Waals surface area contributed by atoms with Crippen molar-refractivity contribution in [1.82, 2.24) is 25.6 Å². The predicted octanol–water partition coefficient (Wildman–Crippen LogP) is 1.87. The highest BCUT2D eigenvalue weighted by Gasteiger charge is 2.22. The van der Waals surface area contributed by atoms with Gasteiger partial charge in [0.05, 0.1) is 18.8 Å². The molecular weight excluding hydrogens is 342 g/mol. The van der Waals surface area contributed by atoms with Gasteiger partial charge in [0.15, 0.2) is 5.69 Å². The van der Waals surface area contributed by atoms with E-state index in [-0.39, 0.29) is 18.3 Å². The second-order valence-electron chi connectivity index (χ2n) is 5.94. The van der Waals surface area contributed by atoms with Crippen LogP contribution in [-0.2, 0) is 6.54 Å². The number of nitrogens with one attached hydrogen (secondary N) is 2. The van der Waals surface area contributed by atoms with Crippen LogP contribution in [0, 0.1) is 6.92 Å². The number of hydrogen-bond donors (Lipinski definition) is 2. The van der Waals surface area contributed by atoms with Gasteiger partial charge < -0.3 is 15.4 Å². The molecule has 7 nitrogen and oxygen atoms in total. The molecule has 0 bridgehead atoms. The summed E-state index contributed by atoms with van der Waals surface area (Å²) in [7, 11) is 1.62. The highest BCUT2D eigenvalue weighted by atomic mass is 35.5. The van der Waals surface area contributed by atoms with Crippen molar-refractivity contribution >= 4 is 18.3 Å². The van der Waals surface area contributed by atoms with E-state index in [1.165, 1.54) is 0 Å². The first-order chi connectivity index (χ1) is 11.7. The third-order valence-electron chi connectivity index (χ3n) is 4.43. The van der Waals surface area contributed by atoms with E-state index < -0.39 is 0 Å². The Bertz CT molecular complexity index is 713. The van der Waals surface area contributed by atoms with E-state index >= 15 is 0 Å². The zero-order valence-corrected chi connectivity index (χ0v) is 15.3. The van der Waals surface area contributed by atoms with E-state index in [2.05, 4.69) is 20.9 Å². The molecule has 0 saturated carbocycles. The zero-order chi connectivity index (χ0) is 16.9. The lowest BCUT2D eigenvalue weighted by atomic mass is 10.1. The highest BCUT2D eigenvalue weighted by molar-refractivity contribution is 5.93. The molecule has 1 amide bonds. The Balaban J connectivity index is 0.00000225. The van der Waals surface area contributed by atoms with Gasteiger partial charge in [0.25, 0.3) is 5.91 Å². The first kappa shape index (κ1) is 19.2. The average molecular weight is 366 g/mol. The van der Waals surface area contributed by atoms with Crippen LogP contribution in [0.15, 0.2) is 24.3 Å². The van der Waals surface area contributed by atoms with Gasteiger partial charge in [-0.3, -0.25) is 4.79 Å². The monoisotopic (exact) mass is 365 g/mol. The number of ether oxygens (including phenoxy) is 1. The van der Waals surface area contributed by atoms with Gasteiger partial charge in [-0.1, -0.05) is 23.4 Å². The third-order valence-corrected chi connectivity index (χ3v) is 4.43. The summed E-state index contributed by atoms with van der Waals surface area (Å²) in [6.07, 6.45) is 2.01. The van der Waals surface area contributed by atoms with Gasteiger partial charge in [0.1, 0.15) is 5.75 Å². The van der Waals surface area contributed by atoms with Gasteiger partial charge in [-0.2, -0.15) is 0 Å². The van der Waals surface area contributed by atoms with Crippen molar-refractivity contribution in [1.29, 1.82) is 0 Å². The molecule has 3 rings (SSSR count). The zero-order valence-electron chi connectivity index (χ0n) is 14.5. The second-order valence-corrected chi connectivity index (χ2v) is 5.94. The minimum Gasteiger partial charge on any atom is -0.496 e. The first-order valence-corrected chi connectivity index (χ1v) is 8.23. The molecule has 2 N–H and O–H groups in total. The fourth-order valence-electron chi connectivity index (χ4n) is 3.06. The van der Waals surface area contributed by atoms with E-state index in [4.69, 9.17) is 4.74 Å². The van der Waals surface area contributed by atoms with Crippen molar-refractivity contribution in [2.75, 3.05) is 20.2 Å². The summed E-state index contributed by atoms with van der Waals surface area (Å²) < 4.78 is 7.19. The third kappa shape index (κ3) is 4.29. The number of aromatic nitrogens is 3. The number of amides is 1. The smallest absolute Gasteiger partial charge is 0.274 e. The minimum atomic E-state index is -0.210. The number of rotatable bonds is 5. The lowest BCUT2D eigenvalue weighted by Crippen LogP contribution is -2.30. The van der Waals surface area contributed by atoms with Crippen LogP contribution in [0.5, 0.6) is 5.75 Å². The van der Waals surface area contributed by atoms with Crippen LogP contribution in [0.4, 0.5) is 0 Å². The van der Waals surface area contributed by atoms with Gasteiger partial charge in [0.2, 0.25) is 0 Å². The molecule has 1 fully saturated rings. The highest BCUT2D eigenvalue weighted by Crippen LogP contribution is 2.21. The largest absolute Gasteiger partial charge is 0.496 e. The van der Waals surface area contributed by atoms with Gasteiger partial charge in [-0.25, -0.2) is 4.68 Å². The van der Waals surface area contributed by atoms with Gasteiger partial charge in [-0.05, 0) is 38.9 Å². The van der Waals surface area contributed by atoms with Crippen molar-refractivity contribution in [3.63, 3.8) is 0 Å². The molecule has 1 saturated heterocycles. The van der Waals surface area contributed by atoms with E-state index in [0.717, 1.165) is 42.9 Å². The van der Waals surface area contributed by atoms with Gasteiger partial charge in [-0.15, -0.1) is 17.5 Å². The Hall–Kier alpha value is -2.12. The summed E-state index contributed by atoms with van der Waals surface area (Å²) in [6.45, 7) is 4.24. The summed E-state index contributed by atoms with van der Waals surface area (Å²) in [5.41, 5.74) is 2.14. The number of carbonyl (C=O) groups excluding carboxylic acids is 1. The van der Waals surface area contributed by atoms with Crippen LogP contribution in [-0.4, -0.2) is 41.1 Å². The molecule has 0 radical (unpaired) electrons. The number of halogens is 1. The maximum Gasteiger partial charge on any atom is 0.274 e. The lowest BCUT2D eigenvalue weighted by Gasteiger charge is -2.23. The summed E-state index contributed by atoms with van der Waals surface area (Å²) in [4.78, 5) is 12.5. The topological polar surface area (TPSA) is 81.1 Å². The number of piperidine rings is 1. The number of nitrogens with zero attached hydrogens (tertiary/aromatic N) is 3. The molecule has 1 aromatic carbocycles. The minimum absolute atomic E-state index is 0.